The summed E-state index contributed by atoms with van der Waals surface area (Å²) in [5, 5.41) is 7.16. The molecule has 8 heteroatoms. The number of hydrogen-bond acceptors (Lipinski definition) is 6. The zero-order valence-corrected chi connectivity index (χ0v) is 12.5. The van der Waals surface area contributed by atoms with E-state index in [-0.39, 0.29) is 0 Å². The van der Waals surface area contributed by atoms with Crippen LogP contribution in [0.15, 0.2) is 68.0 Å². The number of carbonyl (C=O) groups excluding carboxylic acids is 2. The minimum absolute atomic E-state index is 0.641. The lowest BCUT2D eigenvalue weighted by Crippen LogP contribution is -2.35. The monoisotopic (exact) mass is 326 g/mol. The average molecular weight is 326 g/mol. The van der Waals surface area contributed by atoms with Gasteiger partial charge in [0.05, 0.1) is 12.5 Å². The Kier molecular flexibility index (Phi) is 6.51. The van der Waals surface area contributed by atoms with Crippen molar-refractivity contribution in [1.29, 1.82) is 0 Å². The van der Waals surface area contributed by atoms with Crippen LogP contribution >= 0.6 is 0 Å². The van der Waals surface area contributed by atoms with Crippen LogP contribution in [0.25, 0.3) is 12.2 Å². The molecule has 0 aliphatic heterocycles. The number of allylic oxidation sites excluding steroid dienone is 2. The number of nitrogens with one attached hydrogen (secondary N) is 2. The third-order valence-electron chi connectivity index (χ3n) is 2.47. The lowest BCUT2D eigenvalue weighted by atomic mass is 10.4. The summed E-state index contributed by atoms with van der Waals surface area (Å²) in [5.74, 6) is -0.598. The number of amides is 2. The van der Waals surface area contributed by atoms with Crippen LogP contribution in [0.4, 0.5) is 0 Å². The highest BCUT2D eigenvalue weighted by molar-refractivity contribution is 6.35. The molecule has 2 heterocycles. The van der Waals surface area contributed by atoms with Crippen LogP contribution in [0.5, 0.6) is 0 Å². The van der Waals surface area contributed by atoms with Crippen LogP contribution in [0, 0.1) is 0 Å². The third kappa shape index (κ3) is 5.98. The van der Waals surface area contributed by atoms with Crippen LogP contribution in [-0.2, 0) is 9.59 Å². The van der Waals surface area contributed by atoms with Gasteiger partial charge in [0.2, 0.25) is 0 Å². The Hall–Kier alpha value is -3.68. The number of furan rings is 2. The quantitative estimate of drug-likeness (QED) is 0.479. The topological polar surface area (TPSA) is 109 Å². The second-order valence-electron chi connectivity index (χ2n) is 4.19. The Balaban J connectivity index is 1.67. The fraction of sp³-hybridized carbons (Fsp3) is 0. The maximum atomic E-state index is 11.4. The van der Waals surface area contributed by atoms with E-state index >= 15 is 0 Å². The molecule has 0 radical (unpaired) electrons. The number of nitrogens with zero attached hydrogens (tertiary/aromatic N) is 2. The van der Waals surface area contributed by atoms with E-state index in [4.69, 9.17) is 8.83 Å². The molecule has 2 amide bonds. The molecular weight excluding hydrogens is 312 g/mol. The molecule has 2 aromatic rings. The Morgan fingerprint density at radius 1 is 0.833 bits per heavy atom. The van der Waals surface area contributed by atoms with Gasteiger partial charge in [0.1, 0.15) is 11.5 Å². The molecule has 2 aromatic heterocycles. The van der Waals surface area contributed by atoms with Crippen molar-refractivity contribution in [3.63, 3.8) is 0 Å². The van der Waals surface area contributed by atoms with Gasteiger partial charge >= 0.3 is 11.8 Å². The van der Waals surface area contributed by atoms with Gasteiger partial charge in [-0.1, -0.05) is 0 Å². The van der Waals surface area contributed by atoms with Crippen molar-refractivity contribution >= 4 is 36.4 Å². The Labute approximate surface area is 137 Å². The van der Waals surface area contributed by atoms with E-state index in [1.807, 2.05) is 0 Å². The summed E-state index contributed by atoms with van der Waals surface area (Å²) in [5.41, 5.74) is 4.11. The van der Waals surface area contributed by atoms with E-state index < -0.39 is 11.8 Å². The molecule has 8 nitrogen and oxygen atoms in total. The van der Waals surface area contributed by atoms with Crippen LogP contribution in [0.1, 0.15) is 11.5 Å². The van der Waals surface area contributed by atoms with Crippen LogP contribution < -0.4 is 10.9 Å². The average Bonchev–Trinajstić information content (AvgIpc) is 3.27. The SMILES string of the molecule is O=C(N/N=C/C=C/c1ccco1)C(=O)N/N=C/C=C/c1ccco1. The van der Waals surface area contributed by atoms with Gasteiger partial charge in [-0.3, -0.25) is 9.59 Å². The molecule has 24 heavy (non-hydrogen) atoms. The molecule has 0 unspecified atom stereocenters. The van der Waals surface area contributed by atoms with Gasteiger partial charge < -0.3 is 8.83 Å². The van der Waals surface area contributed by atoms with Gasteiger partial charge in [-0.2, -0.15) is 10.2 Å². The highest BCUT2D eigenvalue weighted by Gasteiger charge is 2.10. The molecule has 2 N–H and O–H groups in total. The molecule has 0 saturated heterocycles. The molecule has 0 atom stereocenters. The molecular formula is C16H14N4O4. The predicted octanol–water partition coefficient (Wildman–Crippen LogP) is 1.80. The second kappa shape index (κ2) is 9.36. The Bertz CT molecular complexity index is 690. The van der Waals surface area contributed by atoms with Crippen molar-refractivity contribution in [1.82, 2.24) is 10.9 Å². The van der Waals surface area contributed by atoms with E-state index in [0.717, 1.165) is 0 Å². The largest absolute Gasteiger partial charge is 0.465 e. The summed E-state index contributed by atoms with van der Waals surface area (Å²) in [6.45, 7) is 0. The highest BCUT2D eigenvalue weighted by Crippen LogP contribution is 2.01. The zero-order chi connectivity index (χ0) is 17.0. The molecule has 0 aliphatic rings. The van der Waals surface area contributed by atoms with E-state index in [9.17, 15) is 9.59 Å². The van der Waals surface area contributed by atoms with Crippen molar-refractivity contribution in [3.8, 4) is 0 Å². The van der Waals surface area contributed by atoms with Crippen molar-refractivity contribution in [2.75, 3.05) is 0 Å². The predicted molar refractivity (Wildman–Crippen MR) is 88.8 cm³/mol. The van der Waals surface area contributed by atoms with Gasteiger partial charge in [-0.25, -0.2) is 10.9 Å². The number of hydrazone groups is 2. The maximum Gasteiger partial charge on any atom is 0.331 e. The van der Waals surface area contributed by atoms with E-state index in [2.05, 4.69) is 21.1 Å². The summed E-state index contributed by atoms with van der Waals surface area (Å²) in [4.78, 5) is 22.8. The van der Waals surface area contributed by atoms with Gasteiger partial charge in [0.15, 0.2) is 0 Å². The fourth-order valence-corrected chi connectivity index (χ4v) is 1.43. The second-order valence-corrected chi connectivity index (χ2v) is 4.19. The fourth-order valence-electron chi connectivity index (χ4n) is 1.43. The van der Waals surface area contributed by atoms with Crippen LogP contribution in [0.2, 0.25) is 0 Å². The molecule has 2 rings (SSSR count). The summed E-state index contributed by atoms with van der Waals surface area (Å²) in [6, 6.07) is 7.00. The standard InChI is InChI=1S/C16H14N4O4/c21-15(19-17-9-1-5-13-7-3-11-23-13)16(22)20-18-10-2-6-14-8-4-12-24-14/h1-12H,(H,19,21)(H,20,22)/b5-1+,6-2+,17-9+,18-10+. The number of rotatable bonds is 6. The molecule has 0 fully saturated rings. The minimum atomic E-state index is -0.940. The third-order valence-corrected chi connectivity index (χ3v) is 2.47. The Morgan fingerprint density at radius 3 is 1.67 bits per heavy atom. The first-order chi connectivity index (χ1) is 11.8. The molecule has 0 bridgehead atoms. The molecule has 0 saturated carbocycles. The highest BCUT2D eigenvalue weighted by atomic mass is 16.3. The smallest absolute Gasteiger partial charge is 0.331 e. The van der Waals surface area contributed by atoms with Gasteiger partial charge in [0, 0.05) is 12.4 Å². The van der Waals surface area contributed by atoms with Crippen molar-refractivity contribution in [3.05, 3.63) is 60.5 Å². The van der Waals surface area contributed by atoms with E-state index in [1.54, 1.807) is 48.6 Å². The van der Waals surface area contributed by atoms with Crippen molar-refractivity contribution < 1.29 is 18.4 Å². The lowest BCUT2D eigenvalue weighted by molar-refractivity contribution is -0.139. The minimum Gasteiger partial charge on any atom is -0.465 e. The zero-order valence-electron chi connectivity index (χ0n) is 12.5. The summed E-state index contributed by atoms with van der Waals surface area (Å²) in [6.07, 6.45) is 12.1. The maximum absolute atomic E-state index is 11.4. The first-order valence-electron chi connectivity index (χ1n) is 6.82. The van der Waals surface area contributed by atoms with Crippen LogP contribution in [0.3, 0.4) is 0 Å². The summed E-state index contributed by atoms with van der Waals surface area (Å²) < 4.78 is 10.1. The first kappa shape index (κ1) is 16.7. The Morgan fingerprint density at radius 2 is 1.29 bits per heavy atom. The van der Waals surface area contributed by atoms with E-state index in [1.165, 1.54) is 25.0 Å². The molecule has 0 aliphatic carbocycles. The number of carbonyl (C=O) groups is 2. The summed E-state index contributed by atoms with van der Waals surface area (Å²) in [7, 11) is 0. The van der Waals surface area contributed by atoms with Gasteiger partial charge in [0.25, 0.3) is 0 Å². The molecule has 122 valence electrons. The molecule has 0 spiro atoms. The lowest BCUT2D eigenvalue weighted by Gasteiger charge is -1.96. The first-order valence-corrected chi connectivity index (χ1v) is 6.82. The van der Waals surface area contributed by atoms with Gasteiger partial charge in [-0.05, 0) is 48.6 Å². The van der Waals surface area contributed by atoms with Crippen molar-refractivity contribution in [2.45, 2.75) is 0 Å². The van der Waals surface area contributed by atoms with Crippen molar-refractivity contribution in [2.24, 2.45) is 10.2 Å². The van der Waals surface area contributed by atoms with Gasteiger partial charge in [-0.15, -0.1) is 0 Å². The number of hydrogen-bond donors (Lipinski definition) is 2. The van der Waals surface area contributed by atoms with E-state index in [0.29, 0.717) is 11.5 Å². The molecule has 0 aromatic carbocycles. The summed E-state index contributed by atoms with van der Waals surface area (Å²) >= 11 is 0. The van der Waals surface area contributed by atoms with Crippen LogP contribution in [-0.4, -0.2) is 24.2 Å². The normalized spacial score (nSPS) is 11.8.